The minimum Gasteiger partial charge on any atom is -0.408 e. The molecule has 2 heterocycles. The van der Waals surface area contributed by atoms with Gasteiger partial charge in [0.1, 0.15) is 0 Å². The molecule has 5 aromatic rings. The molecule has 8 heteroatoms. The van der Waals surface area contributed by atoms with Gasteiger partial charge >= 0.3 is 5.76 Å². The lowest BCUT2D eigenvalue weighted by Gasteiger charge is -2.12. The highest BCUT2D eigenvalue weighted by Crippen LogP contribution is 2.26. The topological polar surface area (TPSA) is 85.3 Å². The largest absolute Gasteiger partial charge is 0.419 e. The van der Waals surface area contributed by atoms with Gasteiger partial charge in [-0.3, -0.25) is 14.0 Å². The van der Waals surface area contributed by atoms with Gasteiger partial charge in [-0.05, 0) is 61.1 Å². The van der Waals surface area contributed by atoms with E-state index in [1.165, 1.54) is 0 Å². The van der Waals surface area contributed by atoms with Crippen LogP contribution in [0.15, 0.2) is 94.4 Å². The highest BCUT2D eigenvalue weighted by molar-refractivity contribution is 6.09. The summed E-state index contributed by atoms with van der Waals surface area (Å²) in [4.78, 5) is 27.6. The van der Waals surface area contributed by atoms with Crippen molar-refractivity contribution in [1.29, 1.82) is 0 Å². The minimum atomic E-state index is -0.406. The number of amides is 1. The predicted octanol–water partition coefficient (Wildman–Crippen LogP) is 4.32. The third-order valence-corrected chi connectivity index (χ3v) is 6.04. The molecule has 0 aliphatic heterocycles. The van der Waals surface area contributed by atoms with Gasteiger partial charge in [0.05, 0.1) is 12.1 Å². The lowest BCUT2D eigenvalue weighted by molar-refractivity contribution is 0.102. The van der Waals surface area contributed by atoms with E-state index in [9.17, 15) is 9.59 Å². The lowest BCUT2D eigenvalue weighted by Crippen LogP contribution is -2.23. The molecule has 0 saturated carbocycles. The molecule has 0 unspecified atom stereocenters. The average Bonchev–Trinajstić information content (AvgIpc) is 3.50. The van der Waals surface area contributed by atoms with Crippen LogP contribution in [0.2, 0.25) is 0 Å². The van der Waals surface area contributed by atoms with E-state index in [-0.39, 0.29) is 5.91 Å². The number of oxazole rings is 1. The zero-order valence-electron chi connectivity index (χ0n) is 20.2. The number of nitrogens with zero attached hydrogens (tertiary/aromatic N) is 4. The zero-order valence-corrected chi connectivity index (χ0v) is 20.2. The van der Waals surface area contributed by atoms with Gasteiger partial charge in [0.25, 0.3) is 5.91 Å². The van der Waals surface area contributed by atoms with Crippen LogP contribution in [-0.2, 0) is 13.1 Å². The molecule has 0 aliphatic carbocycles. The Morgan fingerprint density at radius 3 is 2.58 bits per heavy atom. The molecule has 0 saturated heterocycles. The second-order valence-electron chi connectivity index (χ2n) is 8.91. The smallest absolute Gasteiger partial charge is 0.408 e. The molecule has 0 bridgehead atoms. The Kier molecular flexibility index (Phi) is 6.51. The normalized spacial score (nSPS) is 11.3. The molecule has 8 nitrogen and oxygen atoms in total. The fraction of sp³-hybridized carbons (Fsp3) is 0.179. The molecule has 1 amide bonds. The van der Waals surface area contributed by atoms with E-state index in [1.54, 1.807) is 29.0 Å². The van der Waals surface area contributed by atoms with Gasteiger partial charge in [0.2, 0.25) is 0 Å². The monoisotopic (exact) mass is 481 g/mol. The molecule has 0 atom stereocenters. The van der Waals surface area contributed by atoms with Crippen molar-refractivity contribution in [2.24, 2.45) is 0 Å². The Hall–Kier alpha value is -4.43. The summed E-state index contributed by atoms with van der Waals surface area (Å²) in [6.07, 6.45) is 3.69. The van der Waals surface area contributed by atoms with E-state index in [0.717, 1.165) is 16.7 Å². The van der Waals surface area contributed by atoms with E-state index in [1.807, 2.05) is 84.5 Å². The van der Waals surface area contributed by atoms with Crippen molar-refractivity contribution in [3.63, 3.8) is 0 Å². The van der Waals surface area contributed by atoms with Crippen molar-refractivity contribution in [1.82, 2.24) is 19.2 Å². The van der Waals surface area contributed by atoms with E-state index in [0.29, 0.717) is 42.0 Å². The SMILES string of the molecule is CN(C)CCn1c(=O)oc2ccc(NC(=O)c3ccccc3-c3ccc(Cn4cccn4)cc3)cc21. The Balaban J connectivity index is 1.38. The molecule has 36 heavy (non-hydrogen) atoms. The number of anilines is 1. The van der Waals surface area contributed by atoms with E-state index in [2.05, 4.69) is 10.4 Å². The van der Waals surface area contributed by atoms with E-state index < -0.39 is 5.76 Å². The first kappa shape index (κ1) is 23.3. The van der Waals surface area contributed by atoms with Crippen molar-refractivity contribution < 1.29 is 9.21 Å². The third-order valence-electron chi connectivity index (χ3n) is 6.04. The number of benzene rings is 3. The molecule has 1 N–H and O–H groups in total. The number of fused-ring (bicyclic) bond motifs is 1. The first-order chi connectivity index (χ1) is 17.5. The lowest BCUT2D eigenvalue weighted by atomic mass is 9.98. The molecule has 0 fully saturated rings. The molecule has 182 valence electrons. The molecular weight excluding hydrogens is 454 g/mol. The summed E-state index contributed by atoms with van der Waals surface area (Å²) in [7, 11) is 3.90. The number of likely N-dealkylation sites (N-methyl/N-ethyl adjacent to an activating group) is 1. The van der Waals surface area contributed by atoms with Crippen LogP contribution in [0.4, 0.5) is 5.69 Å². The minimum absolute atomic E-state index is 0.226. The molecule has 3 aromatic carbocycles. The summed E-state index contributed by atoms with van der Waals surface area (Å²) in [5.74, 6) is -0.632. The third kappa shape index (κ3) is 4.99. The summed E-state index contributed by atoms with van der Waals surface area (Å²) in [6, 6.07) is 22.8. The number of rotatable bonds is 8. The van der Waals surface area contributed by atoms with E-state index >= 15 is 0 Å². The summed E-state index contributed by atoms with van der Waals surface area (Å²) in [5, 5.41) is 7.23. The van der Waals surface area contributed by atoms with Gasteiger partial charge < -0.3 is 14.6 Å². The maximum atomic E-state index is 13.3. The maximum Gasteiger partial charge on any atom is 0.419 e. The van der Waals surface area contributed by atoms with Gasteiger partial charge in [-0.1, -0.05) is 42.5 Å². The summed E-state index contributed by atoms with van der Waals surface area (Å²) < 4.78 is 8.82. The summed E-state index contributed by atoms with van der Waals surface area (Å²) in [6.45, 7) is 1.88. The van der Waals surface area contributed by atoms with Crippen LogP contribution in [-0.4, -0.2) is 45.8 Å². The number of hydrogen-bond acceptors (Lipinski definition) is 5. The number of nitrogens with one attached hydrogen (secondary N) is 1. The van der Waals surface area contributed by atoms with Gasteiger partial charge in [-0.2, -0.15) is 5.10 Å². The Morgan fingerprint density at radius 1 is 1.03 bits per heavy atom. The number of aromatic nitrogens is 3. The molecule has 5 rings (SSSR count). The van der Waals surface area contributed by atoms with Crippen molar-refractivity contribution in [2.45, 2.75) is 13.1 Å². The summed E-state index contributed by atoms with van der Waals surface area (Å²) >= 11 is 0. The van der Waals surface area contributed by atoms with Gasteiger partial charge in [0, 0.05) is 36.7 Å². The van der Waals surface area contributed by atoms with Crippen LogP contribution < -0.4 is 11.1 Å². The van der Waals surface area contributed by atoms with Crippen LogP contribution in [0, 0.1) is 0 Å². The van der Waals surface area contributed by atoms with Crippen molar-refractivity contribution in [2.75, 3.05) is 26.0 Å². The molecule has 2 aromatic heterocycles. The van der Waals surface area contributed by atoms with Gasteiger partial charge in [-0.15, -0.1) is 0 Å². The second kappa shape index (κ2) is 10.1. The first-order valence-corrected chi connectivity index (χ1v) is 11.7. The average molecular weight is 482 g/mol. The van der Waals surface area contributed by atoms with Crippen LogP contribution in [0.5, 0.6) is 0 Å². The van der Waals surface area contributed by atoms with Crippen molar-refractivity contribution in [3.05, 3.63) is 107 Å². The van der Waals surface area contributed by atoms with Crippen LogP contribution >= 0.6 is 0 Å². The fourth-order valence-corrected chi connectivity index (χ4v) is 4.15. The molecule has 0 spiro atoms. The van der Waals surface area contributed by atoms with Gasteiger partial charge in [-0.25, -0.2) is 4.79 Å². The highest BCUT2D eigenvalue weighted by atomic mass is 16.4. The number of carbonyl (C=O) groups excluding carboxylic acids is 1. The van der Waals surface area contributed by atoms with Crippen LogP contribution in [0.25, 0.3) is 22.2 Å². The number of carbonyl (C=O) groups is 1. The second-order valence-corrected chi connectivity index (χ2v) is 8.91. The van der Waals surface area contributed by atoms with Crippen molar-refractivity contribution in [3.8, 4) is 11.1 Å². The quantitative estimate of drug-likeness (QED) is 0.357. The standard InChI is InChI=1S/C28H27N5O3/c1-31(2)16-17-33-25-18-22(12-13-26(25)36-28(33)35)30-27(34)24-7-4-3-6-23(24)21-10-8-20(9-11-21)19-32-15-5-14-29-32/h3-15,18H,16-17,19H2,1-2H3,(H,30,34). The van der Waals surface area contributed by atoms with Crippen LogP contribution in [0.3, 0.4) is 0 Å². The predicted molar refractivity (Wildman–Crippen MR) is 140 cm³/mol. The molecular formula is C28H27N5O3. The molecule has 0 radical (unpaired) electrons. The Labute approximate surface area is 208 Å². The Morgan fingerprint density at radius 2 is 1.83 bits per heavy atom. The maximum absolute atomic E-state index is 13.3. The zero-order chi connectivity index (χ0) is 25.1. The number of hydrogen-bond donors (Lipinski definition) is 1. The highest BCUT2D eigenvalue weighted by Gasteiger charge is 2.15. The first-order valence-electron chi connectivity index (χ1n) is 11.7. The van der Waals surface area contributed by atoms with Crippen LogP contribution in [0.1, 0.15) is 15.9 Å². The van der Waals surface area contributed by atoms with Crippen molar-refractivity contribution >= 4 is 22.7 Å². The van der Waals surface area contributed by atoms with E-state index in [4.69, 9.17) is 4.42 Å². The Bertz CT molecular complexity index is 1550. The fourth-order valence-electron chi connectivity index (χ4n) is 4.15. The van der Waals surface area contributed by atoms with Gasteiger partial charge in [0.15, 0.2) is 5.58 Å². The molecule has 0 aliphatic rings. The summed E-state index contributed by atoms with van der Waals surface area (Å²) in [5.41, 5.74) is 5.22.